The fourth-order valence-corrected chi connectivity index (χ4v) is 3.41. The molecule has 1 aliphatic heterocycles. The predicted octanol–water partition coefficient (Wildman–Crippen LogP) is 4.76. The van der Waals surface area contributed by atoms with Crippen LogP contribution in [0, 0.1) is 12.8 Å². The normalized spacial score (nSPS) is 17.0. The molecule has 2 aromatic rings. The number of hydrogen-bond acceptors (Lipinski definition) is 2. The van der Waals surface area contributed by atoms with Crippen LogP contribution in [0.1, 0.15) is 37.3 Å². The van der Waals surface area contributed by atoms with E-state index in [1.54, 1.807) is 11.0 Å². The molecule has 0 aromatic heterocycles. The second kappa shape index (κ2) is 7.50. The monoisotopic (exact) mass is 370 g/mol. The van der Waals surface area contributed by atoms with Crippen molar-refractivity contribution in [1.29, 1.82) is 0 Å². The van der Waals surface area contributed by atoms with Gasteiger partial charge in [-0.15, -0.1) is 0 Å². The van der Waals surface area contributed by atoms with Crippen LogP contribution in [0.25, 0.3) is 0 Å². The highest BCUT2D eigenvalue weighted by atomic mass is 35.5. The minimum atomic E-state index is -0.372. The third-order valence-electron chi connectivity index (χ3n) is 4.80. The molecule has 1 heterocycles. The van der Waals surface area contributed by atoms with E-state index < -0.39 is 0 Å². The van der Waals surface area contributed by atoms with Crippen LogP contribution in [0.5, 0.6) is 0 Å². The topological polar surface area (TPSA) is 49.4 Å². The highest BCUT2D eigenvalue weighted by molar-refractivity contribution is 6.31. The highest BCUT2D eigenvalue weighted by Gasteiger charge is 2.35. The molecule has 3 rings (SSSR count). The number of carbonyl (C=O) groups excluding carboxylic acids is 2. The molecule has 1 fully saturated rings. The zero-order chi connectivity index (χ0) is 18.8. The van der Waals surface area contributed by atoms with Gasteiger partial charge in [-0.05, 0) is 42.2 Å². The first-order valence-electron chi connectivity index (χ1n) is 8.83. The lowest BCUT2D eigenvalue weighted by molar-refractivity contribution is -0.122. The summed E-state index contributed by atoms with van der Waals surface area (Å²) in [6.07, 6.45) is 0.209. The maximum atomic E-state index is 12.7. The lowest BCUT2D eigenvalue weighted by atomic mass is 10.0. The number of aryl methyl sites for hydroxylation is 1. The molecule has 26 heavy (non-hydrogen) atoms. The number of nitrogens with zero attached hydrogens (tertiary/aromatic N) is 1. The largest absolute Gasteiger partial charge is 0.326 e. The molecule has 136 valence electrons. The van der Waals surface area contributed by atoms with Crippen LogP contribution in [0.4, 0.5) is 11.4 Å². The highest BCUT2D eigenvalue weighted by Crippen LogP contribution is 2.30. The maximum Gasteiger partial charge on any atom is 0.229 e. The number of para-hydroxylation sites is 1. The molecule has 2 aromatic carbocycles. The third kappa shape index (κ3) is 3.75. The lowest BCUT2D eigenvalue weighted by Crippen LogP contribution is -2.28. The molecular weight excluding hydrogens is 348 g/mol. The minimum absolute atomic E-state index is 0.0535. The van der Waals surface area contributed by atoms with Gasteiger partial charge in [0.15, 0.2) is 0 Å². The molecule has 0 aliphatic carbocycles. The van der Waals surface area contributed by atoms with Crippen LogP contribution < -0.4 is 10.2 Å². The summed E-state index contributed by atoms with van der Waals surface area (Å²) in [4.78, 5) is 26.8. The Morgan fingerprint density at radius 3 is 2.65 bits per heavy atom. The molecule has 0 bridgehead atoms. The Balaban J connectivity index is 1.74. The van der Waals surface area contributed by atoms with E-state index in [2.05, 4.69) is 19.2 Å². The number of halogens is 1. The Labute approximate surface area is 159 Å². The van der Waals surface area contributed by atoms with Gasteiger partial charge in [-0.25, -0.2) is 0 Å². The number of amides is 2. The number of benzene rings is 2. The van der Waals surface area contributed by atoms with Gasteiger partial charge >= 0.3 is 0 Å². The zero-order valence-corrected chi connectivity index (χ0v) is 16.0. The van der Waals surface area contributed by atoms with E-state index in [0.29, 0.717) is 17.5 Å². The third-order valence-corrected chi connectivity index (χ3v) is 5.21. The Morgan fingerprint density at radius 1 is 1.23 bits per heavy atom. The summed E-state index contributed by atoms with van der Waals surface area (Å²) in [5.41, 5.74) is 3.61. The average Bonchev–Trinajstić information content (AvgIpc) is 2.99. The molecule has 1 aliphatic rings. The zero-order valence-electron chi connectivity index (χ0n) is 15.3. The second-order valence-electron chi connectivity index (χ2n) is 7.07. The first kappa shape index (κ1) is 18.5. The molecule has 2 amide bonds. The summed E-state index contributed by atoms with van der Waals surface area (Å²) < 4.78 is 0. The maximum absolute atomic E-state index is 12.7. The van der Waals surface area contributed by atoms with Gasteiger partial charge in [-0.2, -0.15) is 0 Å². The van der Waals surface area contributed by atoms with E-state index in [4.69, 9.17) is 11.6 Å². The van der Waals surface area contributed by atoms with Gasteiger partial charge in [0.25, 0.3) is 0 Å². The Kier molecular flexibility index (Phi) is 5.33. The summed E-state index contributed by atoms with van der Waals surface area (Å²) in [6.45, 7) is 6.47. The number of rotatable bonds is 4. The van der Waals surface area contributed by atoms with Crippen molar-refractivity contribution in [2.45, 2.75) is 33.1 Å². The van der Waals surface area contributed by atoms with Crippen LogP contribution >= 0.6 is 11.6 Å². The Hall–Kier alpha value is -2.33. The Bertz CT molecular complexity index is 848. The van der Waals surface area contributed by atoms with Crippen molar-refractivity contribution in [1.82, 2.24) is 0 Å². The molecule has 0 saturated carbocycles. The number of hydrogen-bond donors (Lipinski definition) is 1. The number of carbonyl (C=O) groups is 2. The summed E-state index contributed by atoms with van der Waals surface area (Å²) in [5, 5.41) is 3.62. The van der Waals surface area contributed by atoms with E-state index in [-0.39, 0.29) is 24.2 Å². The van der Waals surface area contributed by atoms with Crippen LogP contribution in [0.15, 0.2) is 42.5 Å². The lowest BCUT2D eigenvalue weighted by Gasteiger charge is -2.18. The van der Waals surface area contributed by atoms with Crippen molar-refractivity contribution in [3.8, 4) is 0 Å². The van der Waals surface area contributed by atoms with Gasteiger partial charge in [-0.1, -0.05) is 49.7 Å². The molecule has 1 unspecified atom stereocenters. The van der Waals surface area contributed by atoms with E-state index in [0.717, 1.165) is 22.5 Å². The quantitative estimate of drug-likeness (QED) is 0.843. The second-order valence-corrected chi connectivity index (χ2v) is 7.48. The average molecular weight is 371 g/mol. The van der Waals surface area contributed by atoms with E-state index >= 15 is 0 Å². The first-order valence-corrected chi connectivity index (χ1v) is 9.21. The van der Waals surface area contributed by atoms with E-state index in [9.17, 15) is 9.59 Å². The standard InChI is InChI=1S/C21H23ClN2O2/c1-13(2)17-6-4-5-7-19(17)23-21(26)15-10-20(25)24(12-15)16-9-8-14(3)18(22)11-16/h4-9,11,13,15H,10,12H2,1-3H3,(H,23,26). The number of anilines is 2. The minimum Gasteiger partial charge on any atom is -0.326 e. The smallest absolute Gasteiger partial charge is 0.229 e. The van der Waals surface area contributed by atoms with Crippen LogP contribution in [0.2, 0.25) is 5.02 Å². The van der Waals surface area contributed by atoms with Gasteiger partial charge in [0.05, 0.1) is 5.92 Å². The molecule has 5 heteroatoms. The molecule has 4 nitrogen and oxygen atoms in total. The van der Waals surface area contributed by atoms with Gasteiger partial charge in [0.2, 0.25) is 11.8 Å². The molecule has 1 atom stereocenters. The fraction of sp³-hybridized carbons (Fsp3) is 0.333. The molecule has 1 saturated heterocycles. The van der Waals surface area contributed by atoms with E-state index in [1.807, 2.05) is 43.3 Å². The van der Waals surface area contributed by atoms with E-state index in [1.165, 1.54) is 0 Å². The van der Waals surface area contributed by atoms with Gasteiger partial charge in [0, 0.05) is 29.4 Å². The van der Waals surface area contributed by atoms with Crippen molar-refractivity contribution < 1.29 is 9.59 Å². The molecule has 0 spiro atoms. The van der Waals surface area contributed by atoms with Crippen molar-refractivity contribution in [2.24, 2.45) is 5.92 Å². The molecule has 1 N–H and O–H groups in total. The van der Waals surface area contributed by atoms with Gasteiger partial charge in [-0.3, -0.25) is 9.59 Å². The summed E-state index contributed by atoms with van der Waals surface area (Å²) in [5.74, 6) is -0.236. The van der Waals surface area contributed by atoms with Crippen LogP contribution in [0.3, 0.4) is 0 Å². The molecular formula is C21H23ClN2O2. The fourth-order valence-electron chi connectivity index (χ4n) is 3.23. The Morgan fingerprint density at radius 2 is 1.96 bits per heavy atom. The first-order chi connectivity index (χ1) is 12.4. The van der Waals surface area contributed by atoms with Gasteiger partial charge in [0.1, 0.15) is 0 Å². The van der Waals surface area contributed by atoms with Crippen molar-refractivity contribution in [2.75, 3.05) is 16.8 Å². The van der Waals surface area contributed by atoms with Crippen LogP contribution in [-0.4, -0.2) is 18.4 Å². The van der Waals surface area contributed by atoms with Crippen molar-refractivity contribution in [3.05, 3.63) is 58.6 Å². The van der Waals surface area contributed by atoms with Gasteiger partial charge < -0.3 is 10.2 Å². The predicted molar refractivity (Wildman–Crippen MR) is 106 cm³/mol. The molecule has 0 radical (unpaired) electrons. The van der Waals surface area contributed by atoms with Crippen LogP contribution in [-0.2, 0) is 9.59 Å². The summed E-state index contributed by atoms with van der Waals surface area (Å²) in [6, 6.07) is 13.3. The van der Waals surface area contributed by atoms with Crippen molar-refractivity contribution >= 4 is 34.8 Å². The number of nitrogens with one attached hydrogen (secondary N) is 1. The summed E-state index contributed by atoms with van der Waals surface area (Å²) in [7, 11) is 0. The SMILES string of the molecule is Cc1ccc(N2CC(C(=O)Nc3ccccc3C(C)C)CC2=O)cc1Cl. The van der Waals surface area contributed by atoms with Crippen molar-refractivity contribution in [3.63, 3.8) is 0 Å². The summed E-state index contributed by atoms with van der Waals surface area (Å²) >= 11 is 6.18.